The lowest BCUT2D eigenvalue weighted by atomic mass is 9.96. The highest BCUT2D eigenvalue weighted by atomic mass is 79.9. The molecule has 0 spiro atoms. The highest BCUT2D eigenvalue weighted by Gasteiger charge is 2.26. The summed E-state index contributed by atoms with van der Waals surface area (Å²) in [5, 5.41) is 10.3. The van der Waals surface area contributed by atoms with Crippen LogP contribution in [0.1, 0.15) is 60.9 Å². The molecule has 1 amide bonds. The average molecular weight is 430 g/mol. The molecule has 0 unspecified atom stereocenters. The molecule has 1 aliphatic heterocycles. The van der Waals surface area contributed by atoms with Crippen LogP contribution in [0.2, 0.25) is 0 Å². The molecule has 2 aromatic rings. The number of fused-ring (bicyclic) bond motifs is 1. The molecule has 2 heterocycles. The molecule has 1 aromatic heterocycles. The van der Waals surface area contributed by atoms with Crippen LogP contribution in [0.5, 0.6) is 0 Å². The molecule has 0 radical (unpaired) electrons. The lowest BCUT2D eigenvalue weighted by molar-refractivity contribution is 0.0890. The molecule has 6 nitrogen and oxygen atoms in total. The van der Waals surface area contributed by atoms with Gasteiger partial charge in [-0.15, -0.1) is 12.4 Å². The van der Waals surface area contributed by atoms with E-state index in [9.17, 15) is 4.79 Å². The first kappa shape index (κ1) is 19.9. The maximum absolute atomic E-state index is 12.5. The summed E-state index contributed by atoms with van der Waals surface area (Å²) in [6, 6.07) is 6.04. The molecule has 0 fully saturated rings. The molecule has 1 aliphatic rings. The number of hydrogen-bond donors (Lipinski definition) is 2. The fraction of sp³-hybridized carbons (Fsp3) is 0.471. The second-order valence-corrected chi connectivity index (χ2v) is 7.92. The van der Waals surface area contributed by atoms with Crippen molar-refractivity contribution in [3.63, 3.8) is 0 Å². The lowest BCUT2D eigenvalue weighted by Gasteiger charge is -2.18. The third-order valence-electron chi connectivity index (χ3n) is 4.00. The Morgan fingerprint density at radius 3 is 2.84 bits per heavy atom. The van der Waals surface area contributed by atoms with Gasteiger partial charge < -0.3 is 15.2 Å². The maximum atomic E-state index is 12.5. The van der Waals surface area contributed by atoms with E-state index in [4.69, 9.17) is 4.52 Å². The zero-order valence-corrected chi connectivity index (χ0v) is 16.8. The minimum absolute atomic E-state index is 0. The predicted octanol–water partition coefficient (Wildman–Crippen LogP) is 3.52. The largest absolute Gasteiger partial charge is 0.341 e. The van der Waals surface area contributed by atoms with Crippen LogP contribution in [-0.4, -0.2) is 22.6 Å². The quantitative estimate of drug-likeness (QED) is 0.763. The number of carbonyl (C=O) groups is 1. The van der Waals surface area contributed by atoms with Gasteiger partial charge in [0.1, 0.15) is 0 Å². The second kappa shape index (κ2) is 7.85. The molecule has 0 saturated heterocycles. The minimum atomic E-state index is -0.334. The monoisotopic (exact) mass is 428 g/mol. The van der Waals surface area contributed by atoms with Crippen molar-refractivity contribution in [1.82, 2.24) is 20.8 Å². The molecule has 0 saturated carbocycles. The summed E-state index contributed by atoms with van der Waals surface area (Å²) in [5.74, 6) is 0.203. The SMILES string of the molecule is CC(C)(C)c1noc(C(=O)N[C@@H]2CCNCc3cc(Br)ccc32)n1.Cl. The molecule has 0 aliphatic carbocycles. The molecule has 3 rings (SSSR count). The minimum Gasteiger partial charge on any atom is -0.341 e. The van der Waals surface area contributed by atoms with Crippen molar-refractivity contribution in [2.24, 2.45) is 0 Å². The number of hydrogen-bond acceptors (Lipinski definition) is 5. The standard InChI is InChI=1S/C17H21BrN4O2.ClH/c1-17(2,3)16-21-15(24-22-16)14(23)20-13-6-7-19-9-10-8-11(18)4-5-12(10)13;/h4-5,8,13,19H,6-7,9H2,1-3H3,(H,20,23);1H/t13-;/m1./s1. The Balaban J connectivity index is 0.00000225. The summed E-state index contributed by atoms with van der Waals surface area (Å²) in [6.45, 7) is 7.55. The highest BCUT2D eigenvalue weighted by Crippen LogP contribution is 2.27. The Morgan fingerprint density at radius 1 is 1.40 bits per heavy atom. The van der Waals surface area contributed by atoms with Gasteiger partial charge in [-0.05, 0) is 36.2 Å². The zero-order chi connectivity index (χ0) is 17.3. The Hall–Kier alpha value is -1.44. The van der Waals surface area contributed by atoms with Crippen LogP contribution in [0, 0.1) is 0 Å². The normalized spacial score (nSPS) is 17.2. The Kier molecular flexibility index (Phi) is 6.24. The van der Waals surface area contributed by atoms with E-state index in [0.29, 0.717) is 5.82 Å². The van der Waals surface area contributed by atoms with Crippen molar-refractivity contribution in [2.45, 2.75) is 45.2 Å². The fourth-order valence-electron chi connectivity index (χ4n) is 2.68. The van der Waals surface area contributed by atoms with Crippen molar-refractivity contribution in [3.8, 4) is 0 Å². The van der Waals surface area contributed by atoms with Crippen molar-refractivity contribution in [1.29, 1.82) is 0 Å². The Morgan fingerprint density at radius 2 is 2.16 bits per heavy atom. The summed E-state index contributed by atoms with van der Waals surface area (Å²) >= 11 is 3.50. The molecular weight excluding hydrogens is 408 g/mol. The topological polar surface area (TPSA) is 80.0 Å². The molecule has 1 atom stereocenters. The van der Waals surface area contributed by atoms with Gasteiger partial charge in [0, 0.05) is 16.4 Å². The summed E-state index contributed by atoms with van der Waals surface area (Å²) in [6.07, 6.45) is 0.806. The number of rotatable bonds is 2. The van der Waals surface area contributed by atoms with Crippen LogP contribution in [0.4, 0.5) is 0 Å². The van der Waals surface area contributed by atoms with Gasteiger partial charge >= 0.3 is 11.8 Å². The first-order valence-corrected chi connectivity index (χ1v) is 8.78. The number of nitrogens with one attached hydrogen (secondary N) is 2. The molecule has 0 bridgehead atoms. The van der Waals surface area contributed by atoms with Crippen LogP contribution in [0.15, 0.2) is 27.2 Å². The van der Waals surface area contributed by atoms with Gasteiger partial charge in [0.15, 0.2) is 5.82 Å². The number of aromatic nitrogens is 2. The number of carbonyl (C=O) groups excluding carboxylic acids is 1. The summed E-state index contributed by atoms with van der Waals surface area (Å²) in [4.78, 5) is 16.7. The fourth-order valence-corrected chi connectivity index (χ4v) is 3.09. The van der Waals surface area contributed by atoms with Gasteiger partial charge in [-0.25, -0.2) is 0 Å². The average Bonchev–Trinajstić information content (AvgIpc) is 2.93. The van der Waals surface area contributed by atoms with E-state index in [1.807, 2.05) is 32.9 Å². The third-order valence-corrected chi connectivity index (χ3v) is 4.50. The highest BCUT2D eigenvalue weighted by molar-refractivity contribution is 9.10. The van der Waals surface area contributed by atoms with Crippen LogP contribution in [-0.2, 0) is 12.0 Å². The van der Waals surface area contributed by atoms with E-state index in [1.54, 1.807) is 0 Å². The molecule has 8 heteroatoms. The van der Waals surface area contributed by atoms with Crippen molar-refractivity contribution in [2.75, 3.05) is 6.54 Å². The van der Waals surface area contributed by atoms with Crippen LogP contribution in [0.3, 0.4) is 0 Å². The smallest absolute Gasteiger partial charge is 0.315 e. The lowest BCUT2D eigenvalue weighted by Crippen LogP contribution is -2.30. The number of nitrogens with zero attached hydrogens (tertiary/aromatic N) is 2. The Labute approximate surface area is 161 Å². The predicted molar refractivity (Wildman–Crippen MR) is 101 cm³/mol. The van der Waals surface area contributed by atoms with E-state index in [0.717, 1.165) is 29.5 Å². The van der Waals surface area contributed by atoms with Gasteiger partial charge in [-0.1, -0.05) is 47.9 Å². The second-order valence-electron chi connectivity index (χ2n) is 7.01. The van der Waals surface area contributed by atoms with E-state index in [2.05, 4.69) is 42.8 Å². The van der Waals surface area contributed by atoms with Crippen LogP contribution >= 0.6 is 28.3 Å². The molecule has 136 valence electrons. The van der Waals surface area contributed by atoms with E-state index in [1.165, 1.54) is 5.56 Å². The van der Waals surface area contributed by atoms with E-state index in [-0.39, 0.29) is 35.7 Å². The van der Waals surface area contributed by atoms with E-state index < -0.39 is 0 Å². The van der Waals surface area contributed by atoms with E-state index >= 15 is 0 Å². The van der Waals surface area contributed by atoms with Gasteiger partial charge in [0.2, 0.25) is 0 Å². The first-order valence-electron chi connectivity index (χ1n) is 7.98. The zero-order valence-electron chi connectivity index (χ0n) is 14.4. The third kappa shape index (κ3) is 4.59. The van der Waals surface area contributed by atoms with Crippen molar-refractivity contribution >= 4 is 34.2 Å². The number of benzene rings is 1. The number of amides is 1. The Bertz CT molecular complexity index is 757. The van der Waals surface area contributed by atoms with Crippen molar-refractivity contribution < 1.29 is 9.32 Å². The van der Waals surface area contributed by atoms with Gasteiger partial charge in [0.25, 0.3) is 0 Å². The maximum Gasteiger partial charge on any atom is 0.315 e. The molecule has 2 N–H and O–H groups in total. The summed E-state index contributed by atoms with van der Waals surface area (Å²) in [5.41, 5.74) is 2.04. The summed E-state index contributed by atoms with van der Waals surface area (Å²) < 4.78 is 6.17. The number of halogens is 2. The van der Waals surface area contributed by atoms with Gasteiger partial charge in [-0.2, -0.15) is 4.98 Å². The molecule has 25 heavy (non-hydrogen) atoms. The van der Waals surface area contributed by atoms with Gasteiger partial charge in [0.05, 0.1) is 6.04 Å². The van der Waals surface area contributed by atoms with Crippen molar-refractivity contribution in [3.05, 3.63) is 45.5 Å². The van der Waals surface area contributed by atoms with Gasteiger partial charge in [-0.3, -0.25) is 4.79 Å². The van der Waals surface area contributed by atoms with Crippen LogP contribution in [0.25, 0.3) is 0 Å². The molecular formula is C17H22BrClN4O2. The first-order chi connectivity index (χ1) is 11.3. The molecule has 1 aromatic carbocycles. The van der Waals surface area contributed by atoms with Crippen LogP contribution < -0.4 is 10.6 Å². The summed E-state index contributed by atoms with van der Waals surface area (Å²) in [7, 11) is 0.